The van der Waals surface area contributed by atoms with Crippen LogP contribution in [0.5, 0.6) is 5.75 Å². The standard InChI is InChI=1S/C12H16FN3O/c13-10-7-9(16-4-1-14-2-5-16)8-11-12(10)17-6-3-15-11/h7-8,14-15H,1-6H2. The second kappa shape index (κ2) is 4.41. The number of piperazine rings is 1. The van der Waals surface area contributed by atoms with Crippen LogP contribution in [0.25, 0.3) is 0 Å². The summed E-state index contributed by atoms with van der Waals surface area (Å²) in [5.74, 6) is 0.0818. The minimum atomic E-state index is -0.275. The SMILES string of the molecule is Fc1cc(N2CCNCC2)cc2c1OCCN2. The number of hydrogen-bond acceptors (Lipinski definition) is 4. The van der Waals surface area contributed by atoms with E-state index in [2.05, 4.69) is 15.5 Å². The summed E-state index contributed by atoms with van der Waals surface area (Å²) in [6.07, 6.45) is 0. The van der Waals surface area contributed by atoms with Gasteiger partial charge in [-0.25, -0.2) is 4.39 Å². The molecule has 2 aliphatic rings. The number of hydrogen-bond donors (Lipinski definition) is 2. The summed E-state index contributed by atoms with van der Waals surface area (Å²) in [4.78, 5) is 2.19. The Balaban J connectivity index is 1.92. The van der Waals surface area contributed by atoms with Gasteiger partial charge in [-0.1, -0.05) is 0 Å². The van der Waals surface area contributed by atoms with E-state index in [1.54, 1.807) is 6.07 Å². The first-order chi connectivity index (χ1) is 8.34. The maximum absolute atomic E-state index is 13.9. The molecule has 3 rings (SSSR count). The second-order valence-electron chi connectivity index (χ2n) is 4.32. The lowest BCUT2D eigenvalue weighted by molar-refractivity contribution is 0.306. The lowest BCUT2D eigenvalue weighted by Gasteiger charge is -2.31. The van der Waals surface area contributed by atoms with Crippen LogP contribution in [-0.2, 0) is 0 Å². The summed E-state index contributed by atoms with van der Waals surface area (Å²) in [6.45, 7) is 4.98. The van der Waals surface area contributed by atoms with Crippen molar-refractivity contribution in [1.29, 1.82) is 0 Å². The zero-order valence-electron chi connectivity index (χ0n) is 9.63. The monoisotopic (exact) mass is 237 g/mol. The molecule has 0 spiro atoms. The maximum atomic E-state index is 13.9. The van der Waals surface area contributed by atoms with E-state index in [4.69, 9.17) is 4.74 Å². The van der Waals surface area contributed by atoms with Crippen molar-refractivity contribution in [3.8, 4) is 5.75 Å². The highest BCUT2D eigenvalue weighted by Gasteiger charge is 2.19. The van der Waals surface area contributed by atoms with Crippen LogP contribution in [0.2, 0.25) is 0 Å². The zero-order chi connectivity index (χ0) is 11.7. The van der Waals surface area contributed by atoms with Crippen LogP contribution >= 0.6 is 0 Å². The van der Waals surface area contributed by atoms with Crippen molar-refractivity contribution in [2.24, 2.45) is 0 Å². The molecule has 2 aliphatic heterocycles. The molecule has 0 amide bonds. The number of benzene rings is 1. The lowest BCUT2D eigenvalue weighted by atomic mass is 10.2. The normalized spacial score (nSPS) is 19.2. The van der Waals surface area contributed by atoms with Crippen molar-refractivity contribution < 1.29 is 9.13 Å². The summed E-state index contributed by atoms with van der Waals surface area (Å²) >= 11 is 0. The second-order valence-corrected chi connectivity index (χ2v) is 4.32. The Morgan fingerprint density at radius 1 is 1.18 bits per heavy atom. The van der Waals surface area contributed by atoms with E-state index in [0.717, 1.165) is 44.1 Å². The van der Waals surface area contributed by atoms with Crippen molar-refractivity contribution in [1.82, 2.24) is 5.32 Å². The number of fused-ring (bicyclic) bond motifs is 1. The molecular weight excluding hydrogens is 221 g/mol. The van der Waals surface area contributed by atoms with Crippen molar-refractivity contribution in [3.05, 3.63) is 17.9 Å². The van der Waals surface area contributed by atoms with Gasteiger partial charge in [0.25, 0.3) is 0 Å². The lowest BCUT2D eigenvalue weighted by Crippen LogP contribution is -2.43. The minimum Gasteiger partial charge on any atom is -0.486 e. The third-order valence-corrected chi connectivity index (χ3v) is 3.17. The fourth-order valence-electron chi connectivity index (χ4n) is 2.30. The van der Waals surface area contributed by atoms with Gasteiger partial charge in [-0.2, -0.15) is 0 Å². The molecular formula is C12H16FN3O. The molecule has 0 unspecified atom stereocenters. The summed E-state index contributed by atoms with van der Waals surface area (Å²) in [5, 5.41) is 6.46. The molecule has 17 heavy (non-hydrogen) atoms. The predicted octanol–water partition coefficient (Wildman–Crippen LogP) is 1.04. The highest BCUT2D eigenvalue weighted by atomic mass is 19.1. The summed E-state index contributed by atoms with van der Waals surface area (Å²) in [5.41, 5.74) is 1.70. The average molecular weight is 237 g/mol. The Morgan fingerprint density at radius 3 is 2.82 bits per heavy atom. The summed E-state index contributed by atoms with van der Waals surface area (Å²) in [7, 11) is 0. The molecule has 0 radical (unpaired) electrons. The van der Waals surface area contributed by atoms with Gasteiger partial charge >= 0.3 is 0 Å². The first-order valence-corrected chi connectivity index (χ1v) is 6.00. The Morgan fingerprint density at radius 2 is 2.00 bits per heavy atom. The first-order valence-electron chi connectivity index (χ1n) is 6.00. The molecule has 1 aromatic carbocycles. The average Bonchev–Trinajstić information content (AvgIpc) is 2.40. The molecule has 0 aromatic heterocycles. The quantitative estimate of drug-likeness (QED) is 0.765. The van der Waals surface area contributed by atoms with Gasteiger partial charge in [0.1, 0.15) is 6.61 Å². The van der Waals surface area contributed by atoms with Crippen molar-refractivity contribution in [3.63, 3.8) is 0 Å². The van der Waals surface area contributed by atoms with E-state index in [-0.39, 0.29) is 5.82 Å². The zero-order valence-corrected chi connectivity index (χ0v) is 9.63. The Hall–Kier alpha value is -1.49. The van der Waals surface area contributed by atoms with Crippen molar-refractivity contribution >= 4 is 11.4 Å². The van der Waals surface area contributed by atoms with E-state index < -0.39 is 0 Å². The Kier molecular flexibility index (Phi) is 2.76. The van der Waals surface area contributed by atoms with Gasteiger partial charge in [0.05, 0.1) is 5.69 Å². The molecule has 2 heterocycles. The van der Waals surface area contributed by atoms with Crippen LogP contribution in [0, 0.1) is 5.82 Å². The predicted molar refractivity (Wildman–Crippen MR) is 65.5 cm³/mol. The molecule has 0 atom stereocenters. The van der Waals surface area contributed by atoms with Crippen LogP contribution in [-0.4, -0.2) is 39.3 Å². The third-order valence-electron chi connectivity index (χ3n) is 3.17. The molecule has 0 aliphatic carbocycles. The van der Waals surface area contributed by atoms with Crippen LogP contribution in [0.1, 0.15) is 0 Å². The van der Waals surface area contributed by atoms with Crippen LogP contribution in [0.4, 0.5) is 15.8 Å². The van der Waals surface area contributed by atoms with Crippen LogP contribution < -0.4 is 20.3 Å². The molecule has 0 saturated carbocycles. The molecule has 2 N–H and O–H groups in total. The van der Waals surface area contributed by atoms with Gasteiger partial charge in [-0.15, -0.1) is 0 Å². The molecule has 4 nitrogen and oxygen atoms in total. The molecule has 1 saturated heterocycles. The first kappa shape index (κ1) is 10.7. The van der Waals surface area contributed by atoms with E-state index in [1.807, 2.05) is 6.07 Å². The van der Waals surface area contributed by atoms with E-state index in [0.29, 0.717) is 12.4 Å². The van der Waals surface area contributed by atoms with Crippen LogP contribution in [0.15, 0.2) is 12.1 Å². The Bertz CT molecular complexity index is 418. The van der Waals surface area contributed by atoms with Crippen LogP contribution in [0.3, 0.4) is 0 Å². The topological polar surface area (TPSA) is 36.5 Å². The fourth-order valence-corrected chi connectivity index (χ4v) is 2.30. The molecule has 1 aromatic rings. The number of ether oxygens (including phenoxy) is 1. The third kappa shape index (κ3) is 2.02. The van der Waals surface area contributed by atoms with E-state index >= 15 is 0 Å². The van der Waals surface area contributed by atoms with Crippen molar-refractivity contribution in [2.75, 3.05) is 49.5 Å². The highest BCUT2D eigenvalue weighted by Crippen LogP contribution is 2.34. The van der Waals surface area contributed by atoms with E-state index in [1.165, 1.54) is 0 Å². The van der Waals surface area contributed by atoms with Gasteiger partial charge in [0.2, 0.25) is 0 Å². The minimum absolute atomic E-state index is 0.275. The molecule has 0 bridgehead atoms. The van der Waals surface area contributed by atoms with Gasteiger partial charge in [-0.05, 0) is 6.07 Å². The maximum Gasteiger partial charge on any atom is 0.178 e. The number of rotatable bonds is 1. The number of anilines is 2. The van der Waals surface area contributed by atoms with Gasteiger partial charge in [-0.3, -0.25) is 0 Å². The highest BCUT2D eigenvalue weighted by molar-refractivity contribution is 5.67. The fraction of sp³-hybridized carbons (Fsp3) is 0.500. The smallest absolute Gasteiger partial charge is 0.178 e. The number of nitrogens with one attached hydrogen (secondary N) is 2. The number of halogens is 1. The molecule has 92 valence electrons. The van der Waals surface area contributed by atoms with Gasteiger partial charge in [0, 0.05) is 44.5 Å². The van der Waals surface area contributed by atoms with Gasteiger partial charge in [0.15, 0.2) is 11.6 Å². The summed E-state index contributed by atoms with van der Waals surface area (Å²) in [6, 6.07) is 3.54. The largest absolute Gasteiger partial charge is 0.486 e. The van der Waals surface area contributed by atoms with Gasteiger partial charge < -0.3 is 20.3 Å². The Labute approximate surface area is 99.7 Å². The van der Waals surface area contributed by atoms with Crippen molar-refractivity contribution in [2.45, 2.75) is 0 Å². The molecule has 1 fully saturated rings. The number of nitrogens with zero attached hydrogens (tertiary/aromatic N) is 1. The van der Waals surface area contributed by atoms with E-state index in [9.17, 15) is 4.39 Å². The molecule has 5 heteroatoms. The summed E-state index contributed by atoms with van der Waals surface area (Å²) < 4.78 is 19.2.